The Kier molecular flexibility index (Phi) is 4.52. The summed E-state index contributed by atoms with van der Waals surface area (Å²) >= 11 is 0. The summed E-state index contributed by atoms with van der Waals surface area (Å²) in [5.74, 6) is 0.422. The van der Waals surface area contributed by atoms with Gasteiger partial charge in [-0.1, -0.05) is 32.1 Å². The molecule has 1 heterocycles. The van der Waals surface area contributed by atoms with E-state index in [-0.39, 0.29) is 5.91 Å². The molecule has 0 aliphatic heterocycles. The molecule has 0 bridgehead atoms. The molecule has 0 aromatic carbocycles. The normalized spacial score (nSPS) is 21.9. The van der Waals surface area contributed by atoms with E-state index in [1.165, 1.54) is 32.1 Å². The molecule has 0 unspecified atom stereocenters. The molecule has 2 aliphatic rings. The molecule has 5 nitrogen and oxygen atoms in total. The van der Waals surface area contributed by atoms with E-state index in [9.17, 15) is 9.90 Å². The summed E-state index contributed by atoms with van der Waals surface area (Å²) < 4.78 is 0. The first-order valence-electron chi connectivity index (χ1n) is 8.61. The van der Waals surface area contributed by atoms with Crippen LogP contribution in [0, 0.1) is 0 Å². The van der Waals surface area contributed by atoms with Gasteiger partial charge in [-0.25, -0.2) is 0 Å². The number of hydrogen-bond donors (Lipinski definition) is 2. The van der Waals surface area contributed by atoms with Gasteiger partial charge in [-0.05, 0) is 31.7 Å². The van der Waals surface area contributed by atoms with Crippen molar-refractivity contribution < 1.29 is 9.90 Å². The second-order valence-electron chi connectivity index (χ2n) is 7.14. The molecule has 2 fully saturated rings. The van der Waals surface area contributed by atoms with Gasteiger partial charge in [0.25, 0.3) is 5.91 Å². The van der Waals surface area contributed by atoms with E-state index in [4.69, 9.17) is 0 Å². The molecule has 3 rings (SSSR count). The van der Waals surface area contributed by atoms with E-state index in [2.05, 4.69) is 10.2 Å². The van der Waals surface area contributed by atoms with Crippen molar-refractivity contribution in [2.24, 2.45) is 0 Å². The highest BCUT2D eigenvalue weighted by Gasteiger charge is 2.34. The Hall–Kier alpha value is -1.36. The molecule has 2 saturated carbocycles. The Morgan fingerprint density at radius 1 is 1.32 bits per heavy atom. The van der Waals surface area contributed by atoms with E-state index in [1.807, 2.05) is 6.07 Å². The van der Waals surface area contributed by atoms with Crippen LogP contribution in [0.25, 0.3) is 0 Å². The second kappa shape index (κ2) is 6.41. The lowest BCUT2D eigenvalue weighted by molar-refractivity contribution is 0.0155. The zero-order valence-corrected chi connectivity index (χ0v) is 13.5. The lowest BCUT2D eigenvalue weighted by Crippen LogP contribution is -2.42. The molecule has 0 spiro atoms. The predicted octanol–water partition coefficient (Wildman–Crippen LogP) is 2.83. The molecular formula is C17H27N3O2. The monoisotopic (exact) mass is 305 g/mol. The zero-order chi connectivity index (χ0) is 15.6. The average Bonchev–Trinajstić information content (AvgIpc) is 3.17. The summed E-state index contributed by atoms with van der Waals surface area (Å²) in [6.45, 7) is 0.400. The second-order valence-corrected chi connectivity index (χ2v) is 7.14. The van der Waals surface area contributed by atoms with Gasteiger partial charge in [0.1, 0.15) is 5.69 Å². The van der Waals surface area contributed by atoms with Crippen molar-refractivity contribution in [1.29, 1.82) is 0 Å². The first-order chi connectivity index (χ1) is 10.6. The van der Waals surface area contributed by atoms with Crippen LogP contribution in [0.1, 0.15) is 79.9 Å². The highest BCUT2D eigenvalue weighted by atomic mass is 16.3. The van der Waals surface area contributed by atoms with Crippen molar-refractivity contribution in [3.05, 3.63) is 17.5 Å². The summed E-state index contributed by atoms with van der Waals surface area (Å²) in [4.78, 5) is 14.1. The summed E-state index contributed by atoms with van der Waals surface area (Å²) in [6, 6.07) is 1.91. The third-order valence-corrected chi connectivity index (χ3v) is 5.27. The number of rotatable bonds is 4. The van der Waals surface area contributed by atoms with Gasteiger partial charge in [-0.15, -0.1) is 0 Å². The Morgan fingerprint density at radius 3 is 2.68 bits per heavy atom. The molecule has 0 radical (unpaired) electrons. The number of nitrogens with one attached hydrogen (secondary N) is 1. The fourth-order valence-corrected chi connectivity index (χ4v) is 3.97. The molecule has 2 N–H and O–H groups in total. The number of aromatic amines is 1. The topological polar surface area (TPSA) is 69.2 Å². The number of amides is 1. The van der Waals surface area contributed by atoms with Gasteiger partial charge in [-0.2, -0.15) is 5.10 Å². The Balaban J connectivity index is 1.63. The fraction of sp³-hybridized carbons (Fsp3) is 0.765. The highest BCUT2D eigenvalue weighted by Crippen LogP contribution is 2.32. The van der Waals surface area contributed by atoms with Crippen molar-refractivity contribution in [1.82, 2.24) is 15.1 Å². The minimum Gasteiger partial charge on any atom is -0.388 e. The van der Waals surface area contributed by atoms with Gasteiger partial charge in [0.15, 0.2) is 0 Å². The van der Waals surface area contributed by atoms with E-state index < -0.39 is 5.60 Å². The number of aliphatic hydroxyl groups is 1. The van der Waals surface area contributed by atoms with Crippen molar-refractivity contribution in [2.45, 2.75) is 69.3 Å². The number of carbonyl (C=O) groups excluding carboxylic acids is 1. The Morgan fingerprint density at radius 2 is 2.00 bits per heavy atom. The molecule has 1 aromatic rings. The van der Waals surface area contributed by atoms with Crippen LogP contribution < -0.4 is 0 Å². The van der Waals surface area contributed by atoms with Crippen LogP contribution >= 0.6 is 0 Å². The van der Waals surface area contributed by atoms with Gasteiger partial charge in [0.05, 0.1) is 5.60 Å². The third kappa shape index (κ3) is 3.35. The first kappa shape index (κ1) is 15.5. The maximum atomic E-state index is 12.5. The van der Waals surface area contributed by atoms with Crippen molar-refractivity contribution in [3.63, 3.8) is 0 Å². The van der Waals surface area contributed by atoms with Gasteiger partial charge < -0.3 is 10.0 Å². The lowest BCUT2D eigenvalue weighted by atomic mass is 9.87. The summed E-state index contributed by atoms with van der Waals surface area (Å²) in [5, 5.41) is 17.7. The number of likely N-dealkylation sites (N-methyl/N-ethyl adjacent to an activating group) is 1. The molecule has 22 heavy (non-hydrogen) atoms. The molecule has 0 atom stereocenters. The standard InChI is InChI=1S/C17H27N3O2/c1-20(12-17(22)9-5-6-10-17)16(21)15-11-14(18-19-15)13-7-3-2-4-8-13/h11,13,22H,2-10,12H2,1H3,(H,18,19). The molecule has 0 saturated heterocycles. The smallest absolute Gasteiger partial charge is 0.274 e. The minimum atomic E-state index is -0.701. The minimum absolute atomic E-state index is 0.0985. The van der Waals surface area contributed by atoms with Crippen LogP contribution in [0.2, 0.25) is 0 Å². The van der Waals surface area contributed by atoms with E-state index in [0.29, 0.717) is 18.2 Å². The van der Waals surface area contributed by atoms with Crippen molar-refractivity contribution in [2.75, 3.05) is 13.6 Å². The van der Waals surface area contributed by atoms with Crippen LogP contribution in [-0.2, 0) is 0 Å². The molecule has 1 aromatic heterocycles. The average molecular weight is 305 g/mol. The number of nitrogens with zero attached hydrogens (tertiary/aromatic N) is 2. The number of carbonyl (C=O) groups is 1. The molecule has 2 aliphatic carbocycles. The first-order valence-corrected chi connectivity index (χ1v) is 8.61. The summed E-state index contributed by atoms with van der Waals surface area (Å²) in [5.41, 5.74) is 0.869. The predicted molar refractivity (Wildman–Crippen MR) is 84.8 cm³/mol. The van der Waals surface area contributed by atoms with Gasteiger partial charge in [-0.3, -0.25) is 9.89 Å². The van der Waals surface area contributed by atoms with E-state index in [0.717, 1.165) is 31.4 Å². The van der Waals surface area contributed by atoms with Crippen LogP contribution in [0.3, 0.4) is 0 Å². The lowest BCUT2D eigenvalue weighted by Gasteiger charge is -2.28. The maximum absolute atomic E-state index is 12.5. The Labute approximate surface area is 132 Å². The zero-order valence-electron chi connectivity index (χ0n) is 13.5. The van der Waals surface area contributed by atoms with Gasteiger partial charge in [0, 0.05) is 25.2 Å². The van der Waals surface area contributed by atoms with E-state index >= 15 is 0 Å². The number of hydrogen-bond acceptors (Lipinski definition) is 3. The summed E-state index contributed by atoms with van der Waals surface area (Å²) in [6.07, 6.45) is 9.89. The fourth-order valence-electron chi connectivity index (χ4n) is 3.97. The molecule has 122 valence electrons. The van der Waals surface area contributed by atoms with Crippen molar-refractivity contribution >= 4 is 5.91 Å². The molecular weight excluding hydrogens is 278 g/mol. The SMILES string of the molecule is CN(CC1(O)CCCC1)C(=O)c1cc(C2CCCCC2)[nH]n1. The van der Waals surface area contributed by atoms with Crippen molar-refractivity contribution in [3.8, 4) is 0 Å². The Bertz CT molecular complexity index is 514. The van der Waals surface area contributed by atoms with Crippen LogP contribution in [0.5, 0.6) is 0 Å². The van der Waals surface area contributed by atoms with Gasteiger partial charge in [0.2, 0.25) is 0 Å². The largest absolute Gasteiger partial charge is 0.388 e. The summed E-state index contributed by atoms with van der Waals surface area (Å²) in [7, 11) is 1.76. The maximum Gasteiger partial charge on any atom is 0.274 e. The molecule has 1 amide bonds. The number of H-pyrrole nitrogens is 1. The van der Waals surface area contributed by atoms with Gasteiger partial charge >= 0.3 is 0 Å². The van der Waals surface area contributed by atoms with Crippen LogP contribution in [0.4, 0.5) is 0 Å². The highest BCUT2D eigenvalue weighted by molar-refractivity contribution is 5.92. The van der Waals surface area contributed by atoms with Crippen LogP contribution in [0.15, 0.2) is 6.07 Å². The quantitative estimate of drug-likeness (QED) is 0.898. The van der Waals surface area contributed by atoms with E-state index in [1.54, 1.807) is 11.9 Å². The van der Waals surface area contributed by atoms with Crippen LogP contribution in [-0.4, -0.2) is 45.3 Å². The molecule has 5 heteroatoms. The third-order valence-electron chi connectivity index (χ3n) is 5.27. The number of aromatic nitrogens is 2.